The zero-order chi connectivity index (χ0) is 13.8. The first-order valence-electron chi connectivity index (χ1n) is 5.84. The van der Waals surface area contributed by atoms with E-state index < -0.39 is 0 Å². The lowest BCUT2D eigenvalue weighted by atomic mass is 10.2. The molecule has 0 aliphatic carbocycles. The van der Waals surface area contributed by atoms with Gasteiger partial charge in [0, 0.05) is 17.3 Å². The molecule has 0 radical (unpaired) electrons. The third-order valence-electron chi connectivity index (χ3n) is 2.99. The minimum atomic E-state index is 0.360. The first-order chi connectivity index (χ1) is 9.21. The van der Waals surface area contributed by atoms with E-state index in [4.69, 9.17) is 14.7 Å². The van der Waals surface area contributed by atoms with E-state index in [0.717, 1.165) is 16.9 Å². The molecule has 0 amide bonds. The average Bonchev–Trinajstić information content (AvgIpc) is 2.80. The highest BCUT2D eigenvalue weighted by molar-refractivity contribution is 5.49. The van der Waals surface area contributed by atoms with Gasteiger partial charge >= 0.3 is 0 Å². The minimum absolute atomic E-state index is 0.360. The molecule has 98 valence electrons. The van der Waals surface area contributed by atoms with Crippen molar-refractivity contribution in [2.45, 2.75) is 13.3 Å². The van der Waals surface area contributed by atoms with Crippen LogP contribution in [0.5, 0.6) is 11.5 Å². The maximum atomic E-state index is 8.75. The summed E-state index contributed by atoms with van der Waals surface area (Å²) in [6.45, 7) is 1.94. The van der Waals surface area contributed by atoms with Gasteiger partial charge in [-0.15, -0.1) is 0 Å². The van der Waals surface area contributed by atoms with Gasteiger partial charge in [-0.3, -0.25) is 0 Å². The zero-order valence-electron chi connectivity index (χ0n) is 11.2. The highest BCUT2D eigenvalue weighted by Crippen LogP contribution is 2.29. The Morgan fingerprint density at radius 2 is 2.00 bits per heavy atom. The summed E-state index contributed by atoms with van der Waals surface area (Å²) in [7, 11) is 3.19. The topological polar surface area (TPSA) is 60.1 Å². The van der Waals surface area contributed by atoms with Crippen LogP contribution >= 0.6 is 0 Å². The van der Waals surface area contributed by atoms with E-state index >= 15 is 0 Å². The van der Waals surface area contributed by atoms with Gasteiger partial charge < -0.3 is 9.47 Å². The highest BCUT2D eigenvalue weighted by atomic mass is 16.5. The number of rotatable bonds is 4. The van der Waals surface area contributed by atoms with Gasteiger partial charge in [0.05, 0.1) is 38.6 Å². The molecule has 2 aromatic rings. The van der Waals surface area contributed by atoms with Crippen LogP contribution < -0.4 is 9.47 Å². The van der Waals surface area contributed by atoms with E-state index in [2.05, 4.69) is 11.2 Å². The molecule has 0 atom stereocenters. The van der Waals surface area contributed by atoms with E-state index in [1.807, 2.05) is 25.1 Å². The van der Waals surface area contributed by atoms with E-state index in [0.29, 0.717) is 17.9 Å². The number of nitriles is 1. The van der Waals surface area contributed by atoms with Gasteiger partial charge in [-0.1, -0.05) is 0 Å². The van der Waals surface area contributed by atoms with Crippen LogP contribution in [0.3, 0.4) is 0 Å². The molecule has 0 unspecified atom stereocenters. The SMILES string of the molecule is COc1ccc(-n2ncc(CC#N)c2C)cc1OC. The Kier molecular flexibility index (Phi) is 3.71. The Hall–Kier alpha value is -2.48. The minimum Gasteiger partial charge on any atom is -0.493 e. The summed E-state index contributed by atoms with van der Waals surface area (Å²) in [5.74, 6) is 1.32. The van der Waals surface area contributed by atoms with Crippen LogP contribution in [0.15, 0.2) is 24.4 Å². The van der Waals surface area contributed by atoms with Gasteiger partial charge in [0.25, 0.3) is 0 Å². The number of hydrogen-bond donors (Lipinski definition) is 0. The Labute approximate surface area is 112 Å². The monoisotopic (exact) mass is 257 g/mol. The second-order valence-corrected chi connectivity index (χ2v) is 4.04. The van der Waals surface area contributed by atoms with Gasteiger partial charge in [-0.05, 0) is 19.1 Å². The summed E-state index contributed by atoms with van der Waals surface area (Å²) in [6, 6.07) is 7.72. The summed E-state index contributed by atoms with van der Waals surface area (Å²) in [4.78, 5) is 0. The first kappa shape index (κ1) is 13.0. The molecule has 19 heavy (non-hydrogen) atoms. The lowest BCUT2D eigenvalue weighted by Crippen LogP contribution is -2.01. The van der Waals surface area contributed by atoms with Crippen LogP contribution in [0.2, 0.25) is 0 Å². The average molecular weight is 257 g/mol. The van der Waals surface area contributed by atoms with Crippen molar-refractivity contribution >= 4 is 0 Å². The molecule has 0 bridgehead atoms. The molecule has 0 N–H and O–H groups in total. The number of methoxy groups -OCH3 is 2. The third kappa shape index (κ3) is 2.38. The van der Waals surface area contributed by atoms with Crippen molar-refractivity contribution in [3.63, 3.8) is 0 Å². The molecule has 0 fully saturated rings. The van der Waals surface area contributed by atoms with Gasteiger partial charge in [0.1, 0.15) is 0 Å². The van der Waals surface area contributed by atoms with Crippen molar-refractivity contribution in [3.8, 4) is 23.3 Å². The number of aromatic nitrogens is 2. The fourth-order valence-corrected chi connectivity index (χ4v) is 1.92. The first-order valence-corrected chi connectivity index (χ1v) is 5.84. The van der Waals surface area contributed by atoms with Crippen molar-refractivity contribution in [1.82, 2.24) is 9.78 Å². The summed E-state index contributed by atoms with van der Waals surface area (Å²) < 4.78 is 12.3. The van der Waals surface area contributed by atoms with Crippen LogP contribution in [0, 0.1) is 18.3 Å². The van der Waals surface area contributed by atoms with Gasteiger partial charge in [0.2, 0.25) is 0 Å². The van der Waals surface area contributed by atoms with Crippen LogP contribution in [-0.4, -0.2) is 24.0 Å². The van der Waals surface area contributed by atoms with E-state index in [-0.39, 0.29) is 0 Å². The van der Waals surface area contributed by atoms with Crippen molar-refractivity contribution in [3.05, 3.63) is 35.7 Å². The molecule has 0 aliphatic heterocycles. The molecule has 0 aliphatic rings. The Morgan fingerprint density at radius 1 is 1.26 bits per heavy atom. The Bertz CT molecular complexity index is 626. The van der Waals surface area contributed by atoms with Gasteiger partial charge in [-0.25, -0.2) is 4.68 Å². The molecule has 0 spiro atoms. The Morgan fingerprint density at radius 3 is 2.63 bits per heavy atom. The molecule has 0 saturated carbocycles. The summed E-state index contributed by atoms with van der Waals surface area (Å²) in [5, 5.41) is 13.1. The van der Waals surface area contributed by atoms with Gasteiger partial charge in [-0.2, -0.15) is 10.4 Å². The van der Waals surface area contributed by atoms with E-state index in [9.17, 15) is 0 Å². The Balaban J connectivity index is 2.45. The standard InChI is InChI=1S/C14H15N3O2/c1-10-11(6-7-15)9-16-17(10)12-4-5-13(18-2)14(8-12)19-3/h4-5,8-9H,6H2,1-3H3. The quantitative estimate of drug-likeness (QED) is 0.843. The highest BCUT2D eigenvalue weighted by Gasteiger charge is 2.10. The fourth-order valence-electron chi connectivity index (χ4n) is 1.92. The van der Waals surface area contributed by atoms with Crippen molar-refractivity contribution in [1.29, 1.82) is 5.26 Å². The summed E-state index contributed by atoms with van der Waals surface area (Å²) in [5.41, 5.74) is 2.75. The second-order valence-electron chi connectivity index (χ2n) is 4.04. The molecule has 1 aromatic heterocycles. The summed E-state index contributed by atoms with van der Waals surface area (Å²) >= 11 is 0. The molecule has 1 aromatic carbocycles. The van der Waals surface area contributed by atoms with Crippen molar-refractivity contribution < 1.29 is 9.47 Å². The molecule has 5 nitrogen and oxygen atoms in total. The molecule has 5 heteroatoms. The molecular weight excluding hydrogens is 242 g/mol. The number of benzene rings is 1. The van der Waals surface area contributed by atoms with Gasteiger partial charge in [0.15, 0.2) is 11.5 Å². The van der Waals surface area contributed by atoms with Crippen LogP contribution in [-0.2, 0) is 6.42 Å². The fraction of sp³-hybridized carbons (Fsp3) is 0.286. The van der Waals surface area contributed by atoms with Crippen LogP contribution in [0.25, 0.3) is 5.69 Å². The van der Waals surface area contributed by atoms with E-state index in [1.54, 1.807) is 25.1 Å². The zero-order valence-corrected chi connectivity index (χ0v) is 11.2. The molecule has 0 saturated heterocycles. The lowest BCUT2D eigenvalue weighted by molar-refractivity contribution is 0.354. The molecule has 1 heterocycles. The second kappa shape index (κ2) is 5.44. The lowest BCUT2D eigenvalue weighted by Gasteiger charge is -2.10. The third-order valence-corrected chi connectivity index (χ3v) is 2.99. The number of ether oxygens (including phenoxy) is 2. The van der Waals surface area contributed by atoms with E-state index in [1.165, 1.54) is 0 Å². The van der Waals surface area contributed by atoms with Crippen molar-refractivity contribution in [2.24, 2.45) is 0 Å². The predicted molar refractivity (Wildman–Crippen MR) is 70.7 cm³/mol. The normalized spacial score (nSPS) is 10.0. The number of nitrogens with zero attached hydrogens (tertiary/aromatic N) is 3. The summed E-state index contributed by atoms with van der Waals surface area (Å²) in [6.07, 6.45) is 2.08. The van der Waals surface area contributed by atoms with Crippen LogP contribution in [0.4, 0.5) is 0 Å². The number of hydrogen-bond acceptors (Lipinski definition) is 4. The largest absolute Gasteiger partial charge is 0.493 e. The van der Waals surface area contributed by atoms with Crippen LogP contribution in [0.1, 0.15) is 11.3 Å². The maximum absolute atomic E-state index is 8.75. The van der Waals surface area contributed by atoms with Crippen molar-refractivity contribution in [2.75, 3.05) is 14.2 Å². The maximum Gasteiger partial charge on any atom is 0.162 e. The smallest absolute Gasteiger partial charge is 0.162 e. The predicted octanol–water partition coefficient (Wildman–Crippen LogP) is 2.26. The molecule has 2 rings (SSSR count). The molecular formula is C14H15N3O2.